The van der Waals surface area contributed by atoms with Gasteiger partial charge in [0, 0.05) is 18.1 Å². The number of halogens is 1. The predicted molar refractivity (Wildman–Crippen MR) is 85.7 cm³/mol. The number of carbonyl (C=O) groups excluding carboxylic acids is 1. The number of rotatable bonds is 3. The minimum absolute atomic E-state index is 0.0517. The van der Waals surface area contributed by atoms with Gasteiger partial charge in [0.15, 0.2) is 5.60 Å². The van der Waals surface area contributed by atoms with Gasteiger partial charge in [0.1, 0.15) is 5.75 Å². The fraction of sp³-hybridized carbons (Fsp3) is 0.588. The summed E-state index contributed by atoms with van der Waals surface area (Å²) >= 11 is 5.87. The van der Waals surface area contributed by atoms with Gasteiger partial charge in [0.2, 0.25) is 0 Å². The van der Waals surface area contributed by atoms with Crippen molar-refractivity contribution in [2.24, 2.45) is 11.8 Å². The number of ether oxygens (including phenoxy) is 1. The van der Waals surface area contributed by atoms with Crippen LogP contribution in [0.3, 0.4) is 0 Å². The molecule has 1 saturated heterocycles. The van der Waals surface area contributed by atoms with Crippen LogP contribution in [-0.4, -0.2) is 29.5 Å². The van der Waals surface area contributed by atoms with E-state index < -0.39 is 5.60 Å². The highest BCUT2D eigenvalue weighted by molar-refractivity contribution is 6.30. The number of amides is 1. The molecule has 2 unspecified atom stereocenters. The lowest BCUT2D eigenvalue weighted by molar-refractivity contribution is -0.148. The first-order chi connectivity index (χ1) is 9.78. The van der Waals surface area contributed by atoms with Crippen LogP contribution in [0, 0.1) is 11.8 Å². The van der Waals surface area contributed by atoms with E-state index in [1.807, 2.05) is 18.7 Å². The first-order valence-corrected chi connectivity index (χ1v) is 7.89. The molecule has 0 spiro atoms. The summed E-state index contributed by atoms with van der Waals surface area (Å²) in [6, 6.07) is 7.11. The Kier molecular flexibility index (Phi) is 4.82. The molecule has 1 aromatic carbocycles. The van der Waals surface area contributed by atoms with Crippen LogP contribution in [0.15, 0.2) is 24.3 Å². The third-order valence-corrected chi connectivity index (χ3v) is 4.11. The lowest BCUT2D eigenvalue weighted by atomic mass is 9.91. The summed E-state index contributed by atoms with van der Waals surface area (Å²) in [7, 11) is 0. The average molecular weight is 310 g/mol. The van der Waals surface area contributed by atoms with Crippen molar-refractivity contribution in [1.82, 2.24) is 4.90 Å². The molecule has 0 saturated carbocycles. The van der Waals surface area contributed by atoms with Crippen LogP contribution in [0.2, 0.25) is 5.02 Å². The normalized spacial score (nSPS) is 23.0. The van der Waals surface area contributed by atoms with Gasteiger partial charge in [-0.15, -0.1) is 0 Å². The summed E-state index contributed by atoms with van der Waals surface area (Å²) in [6.45, 7) is 9.68. The van der Waals surface area contributed by atoms with Gasteiger partial charge in [-0.1, -0.05) is 25.4 Å². The smallest absolute Gasteiger partial charge is 0.266 e. The standard InChI is InChI=1S/C17H24ClNO2/c1-12-9-13(2)11-19(10-12)16(20)17(3,4)21-15-7-5-14(18)6-8-15/h5-8,12-13H,9-11H2,1-4H3. The van der Waals surface area contributed by atoms with Gasteiger partial charge >= 0.3 is 0 Å². The highest BCUT2D eigenvalue weighted by Crippen LogP contribution is 2.26. The second kappa shape index (κ2) is 6.27. The highest BCUT2D eigenvalue weighted by atomic mass is 35.5. The molecular formula is C17H24ClNO2. The zero-order valence-electron chi connectivity index (χ0n) is 13.2. The molecule has 3 nitrogen and oxygen atoms in total. The van der Waals surface area contributed by atoms with E-state index in [9.17, 15) is 4.79 Å². The molecule has 0 aliphatic carbocycles. The largest absolute Gasteiger partial charge is 0.478 e. The number of nitrogens with zero attached hydrogens (tertiary/aromatic N) is 1. The Balaban J connectivity index is 2.07. The number of carbonyl (C=O) groups is 1. The Hall–Kier alpha value is -1.22. The molecule has 1 fully saturated rings. The number of benzene rings is 1. The van der Waals surface area contributed by atoms with Crippen molar-refractivity contribution in [1.29, 1.82) is 0 Å². The fourth-order valence-electron chi connectivity index (χ4n) is 3.05. The van der Waals surface area contributed by atoms with E-state index in [1.54, 1.807) is 24.3 Å². The van der Waals surface area contributed by atoms with Gasteiger partial charge in [-0.05, 0) is 56.4 Å². The van der Waals surface area contributed by atoms with Crippen LogP contribution in [0.5, 0.6) is 5.75 Å². The first-order valence-electron chi connectivity index (χ1n) is 7.52. The third kappa shape index (κ3) is 4.13. The summed E-state index contributed by atoms with van der Waals surface area (Å²) in [5.74, 6) is 1.81. The van der Waals surface area contributed by atoms with Gasteiger partial charge in [0.05, 0.1) is 0 Å². The Morgan fingerprint density at radius 1 is 1.19 bits per heavy atom. The van der Waals surface area contributed by atoms with Crippen molar-refractivity contribution in [2.75, 3.05) is 13.1 Å². The van der Waals surface area contributed by atoms with Gasteiger partial charge in [-0.3, -0.25) is 4.79 Å². The van der Waals surface area contributed by atoms with Gasteiger partial charge in [-0.2, -0.15) is 0 Å². The quantitative estimate of drug-likeness (QED) is 0.844. The Morgan fingerprint density at radius 3 is 2.24 bits per heavy atom. The minimum Gasteiger partial charge on any atom is -0.478 e. The molecule has 0 N–H and O–H groups in total. The lowest BCUT2D eigenvalue weighted by Crippen LogP contribution is -2.53. The Labute approximate surface area is 132 Å². The topological polar surface area (TPSA) is 29.5 Å². The van der Waals surface area contributed by atoms with E-state index in [0.717, 1.165) is 13.1 Å². The van der Waals surface area contributed by atoms with Crippen molar-refractivity contribution in [3.8, 4) is 5.75 Å². The fourth-order valence-corrected chi connectivity index (χ4v) is 3.18. The van der Waals surface area contributed by atoms with Crippen LogP contribution in [0.4, 0.5) is 0 Å². The second-order valence-corrected chi connectivity index (χ2v) is 7.16. The molecule has 0 radical (unpaired) electrons. The number of likely N-dealkylation sites (tertiary alicyclic amines) is 1. The van der Waals surface area contributed by atoms with Crippen LogP contribution in [0.1, 0.15) is 34.1 Å². The lowest BCUT2D eigenvalue weighted by Gasteiger charge is -2.39. The van der Waals surface area contributed by atoms with E-state index in [-0.39, 0.29) is 5.91 Å². The summed E-state index contributed by atoms with van der Waals surface area (Å²) in [5, 5.41) is 0.658. The molecule has 21 heavy (non-hydrogen) atoms. The molecule has 1 heterocycles. The van der Waals surface area contributed by atoms with Crippen LogP contribution in [-0.2, 0) is 4.79 Å². The maximum Gasteiger partial charge on any atom is 0.266 e. The maximum absolute atomic E-state index is 12.8. The van der Waals surface area contributed by atoms with Crippen LogP contribution in [0.25, 0.3) is 0 Å². The van der Waals surface area contributed by atoms with Crippen LogP contribution >= 0.6 is 11.6 Å². The first kappa shape index (κ1) is 16.2. The number of hydrogen-bond donors (Lipinski definition) is 0. The van der Waals surface area contributed by atoms with Gasteiger partial charge in [-0.25, -0.2) is 0 Å². The highest BCUT2D eigenvalue weighted by Gasteiger charge is 2.37. The molecule has 1 aliphatic heterocycles. The molecule has 4 heteroatoms. The molecule has 1 aromatic rings. The van der Waals surface area contributed by atoms with E-state index >= 15 is 0 Å². The van der Waals surface area contributed by atoms with Gasteiger partial charge < -0.3 is 9.64 Å². The zero-order chi connectivity index (χ0) is 15.6. The van der Waals surface area contributed by atoms with Crippen molar-refractivity contribution in [3.05, 3.63) is 29.3 Å². The SMILES string of the molecule is CC1CC(C)CN(C(=O)C(C)(C)Oc2ccc(Cl)cc2)C1. The maximum atomic E-state index is 12.8. The summed E-state index contributed by atoms with van der Waals surface area (Å²) in [5.41, 5.74) is -0.870. The summed E-state index contributed by atoms with van der Waals surface area (Å²) in [4.78, 5) is 14.7. The second-order valence-electron chi connectivity index (χ2n) is 6.72. The molecule has 116 valence electrons. The number of piperidine rings is 1. The Bertz CT molecular complexity index is 488. The third-order valence-electron chi connectivity index (χ3n) is 3.86. The molecule has 2 rings (SSSR count). The zero-order valence-corrected chi connectivity index (χ0v) is 14.0. The summed E-state index contributed by atoms with van der Waals surface area (Å²) < 4.78 is 5.89. The average Bonchev–Trinajstić information content (AvgIpc) is 2.39. The van der Waals surface area contributed by atoms with Gasteiger partial charge in [0.25, 0.3) is 5.91 Å². The van der Waals surface area contributed by atoms with E-state index in [2.05, 4.69) is 13.8 Å². The molecule has 0 bridgehead atoms. The van der Waals surface area contributed by atoms with Crippen molar-refractivity contribution < 1.29 is 9.53 Å². The van der Waals surface area contributed by atoms with E-state index in [4.69, 9.17) is 16.3 Å². The van der Waals surface area contributed by atoms with Crippen molar-refractivity contribution >= 4 is 17.5 Å². The molecular weight excluding hydrogens is 286 g/mol. The van der Waals surface area contributed by atoms with E-state index in [0.29, 0.717) is 22.6 Å². The van der Waals surface area contributed by atoms with Crippen molar-refractivity contribution in [3.63, 3.8) is 0 Å². The molecule has 2 atom stereocenters. The minimum atomic E-state index is -0.870. The Morgan fingerprint density at radius 2 is 1.71 bits per heavy atom. The molecule has 1 amide bonds. The predicted octanol–water partition coefficient (Wildman–Crippen LogP) is 4.00. The molecule has 0 aromatic heterocycles. The van der Waals surface area contributed by atoms with Crippen LogP contribution < -0.4 is 4.74 Å². The molecule has 1 aliphatic rings. The van der Waals surface area contributed by atoms with E-state index in [1.165, 1.54) is 6.42 Å². The van der Waals surface area contributed by atoms with Crippen molar-refractivity contribution in [2.45, 2.75) is 39.7 Å². The monoisotopic (exact) mass is 309 g/mol. The summed E-state index contributed by atoms with van der Waals surface area (Å²) in [6.07, 6.45) is 1.18. The number of hydrogen-bond acceptors (Lipinski definition) is 2.